The standard InChI is InChI=1S/C12H12N2O2S/c1-3-16-12(15)14-5-4-9-6-8(2)17-11(9)10(14)7-13/h4-6,10H,3H2,1-2H3. The molecule has 88 valence electrons. The summed E-state index contributed by atoms with van der Waals surface area (Å²) >= 11 is 1.54. The van der Waals surface area contributed by atoms with Crippen LogP contribution in [0.4, 0.5) is 4.79 Å². The highest BCUT2D eigenvalue weighted by Gasteiger charge is 2.30. The van der Waals surface area contributed by atoms with E-state index in [1.54, 1.807) is 13.1 Å². The fraction of sp³-hybridized carbons (Fsp3) is 0.333. The number of fused-ring (bicyclic) bond motifs is 1. The van der Waals surface area contributed by atoms with Crippen molar-refractivity contribution in [3.63, 3.8) is 0 Å². The van der Waals surface area contributed by atoms with E-state index >= 15 is 0 Å². The molecule has 0 fully saturated rings. The second-order valence-electron chi connectivity index (χ2n) is 3.63. The maximum absolute atomic E-state index is 11.7. The van der Waals surface area contributed by atoms with Crippen LogP contribution in [0.5, 0.6) is 0 Å². The molecular formula is C12H12N2O2S. The smallest absolute Gasteiger partial charge is 0.415 e. The molecule has 5 heteroatoms. The van der Waals surface area contributed by atoms with Gasteiger partial charge in [-0.15, -0.1) is 11.3 Å². The lowest BCUT2D eigenvalue weighted by Crippen LogP contribution is -2.31. The highest BCUT2D eigenvalue weighted by atomic mass is 32.1. The van der Waals surface area contributed by atoms with Crippen molar-refractivity contribution in [3.8, 4) is 6.07 Å². The third-order valence-corrected chi connectivity index (χ3v) is 3.58. The summed E-state index contributed by atoms with van der Waals surface area (Å²) in [6.45, 7) is 4.03. The summed E-state index contributed by atoms with van der Waals surface area (Å²) in [7, 11) is 0. The van der Waals surface area contributed by atoms with Gasteiger partial charge in [-0.3, -0.25) is 4.90 Å². The molecule has 0 spiro atoms. The Bertz CT molecular complexity index is 513. The van der Waals surface area contributed by atoms with Crippen LogP contribution in [0.25, 0.3) is 6.08 Å². The van der Waals surface area contributed by atoms with Crippen molar-refractivity contribution in [2.45, 2.75) is 19.9 Å². The summed E-state index contributed by atoms with van der Waals surface area (Å²) in [4.78, 5) is 15.1. The van der Waals surface area contributed by atoms with Gasteiger partial charge in [-0.05, 0) is 31.6 Å². The number of amides is 1. The van der Waals surface area contributed by atoms with Crippen molar-refractivity contribution in [3.05, 3.63) is 27.6 Å². The van der Waals surface area contributed by atoms with E-state index < -0.39 is 12.1 Å². The second-order valence-corrected chi connectivity index (χ2v) is 4.92. The van der Waals surface area contributed by atoms with E-state index in [0.29, 0.717) is 6.61 Å². The molecule has 0 saturated heterocycles. The quantitative estimate of drug-likeness (QED) is 0.767. The molecule has 0 saturated carbocycles. The Balaban J connectivity index is 2.35. The Morgan fingerprint density at radius 3 is 3.12 bits per heavy atom. The maximum Gasteiger partial charge on any atom is 0.415 e. The number of ether oxygens (including phenoxy) is 1. The predicted octanol–water partition coefficient (Wildman–Crippen LogP) is 3.06. The highest BCUT2D eigenvalue weighted by molar-refractivity contribution is 7.12. The number of aryl methyl sites for hydroxylation is 1. The Hall–Kier alpha value is -1.80. The third kappa shape index (κ3) is 2.04. The van der Waals surface area contributed by atoms with Crippen molar-refractivity contribution < 1.29 is 9.53 Å². The normalized spacial score (nSPS) is 17.5. The monoisotopic (exact) mass is 248 g/mol. The lowest BCUT2D eigenvalue weighted by Gasteiger charge is -2.25. The highest BCUT2D eigenvalue weighted by Crippen LogP contribution is 2.36. The van der Waals surface area contributed by atoms with Gasteiger partial charge in [-0.2, -0.15) is 5.26 Å². The summed E-state index contributed by atoms with van der Waals surface area (Å²) in [6.07, 6.45) is 2.97. The summed E-state index contributed by atoms with van der Waals surface area (Å²) in [5.74, 6) is 0. The summed E-state index contributed by atoms with van der Waals surface area (Å²) in [6, 6.07) is 3.59. The Morgan fingerprint density at radius 2 is 2.47 bits per heavy atom. The number of hydrogen-bond acceptors (Lipinski definition) is 4. The molecule has 2 rings (SSSR count). The first-order chi connectivity index (χ1) is 8.17. The van der Waals surface area contributed by atoms with E-state index in [0.717, 1.165) is 15.3 Å². The number of thiophene rings is 1. The first-order valence-corrected chi connectivity index (χ1v) is 6.12. The molecule has 0 bridgehead atoms. The van der Waals surface area contributed by atoms with Crippen molar-refractivity contribution in [1.82, 2.24) is 4.90 Å². The molecule has 4 nitrogen and oxygen atoms in total. The van der Waals surface area contributed by atoms with Gasteiger partial charge in [0.15, 0.2) is 6.04 Å². The Labute approximate surface area is 104 Å². The molecule has 0 N–H and O–H groups in total. The van der Waals surface area contributed by atoms with Crippen LogP contribution >= 0.6 is 11.3 Å². The largest absolute Gasteiger partial charge is 0.449 e. The van der Waals surface area contributed by atoms with Crippen LogP contribution < -0.4 is 0 Å². The van der Waals surface area contributed by atoms with Crippen molar-refractivity contribution in [2.75, 3.05) is 6.61 Å². The fourth-order valence-electron chi connectivity index (χ4n) is 1.75. The van der Waals surface area contributed by atoms with Crippen LogP contribution in [0, 0.1) is 18.3 Å². The Morgan fingerprint density at radius 1 is 1.71 bits per heavy atom. The Kier molecular flexibility index (Phi) is 3.16. The van der Waals surface area contributed by atoms with Gasteiger partial charge >= 0.3 is 6.09 Å². The van der Waals surface area contributed by atoms with Gasteiger partial charge in [0.2, 0.25) is 0 Å². The first-order valence-electron chi connectivity index (χ1n) is 5.30. The van der Waals surface area contributed by atoms with Crippen molar-refractivity contribution in [1.29, 1.82) is 5.26 Å². The van der Waals surface area contributed by atoms with Crippen LogP contribution in [0.1, 0.15) is 28.3 Å². The first kappa shape index (κ1) is 11.7. The van der Waals surface area contributed by atoms with Crippen LogP contribution in [-0.4, -0.2) is 17.6 Å². The molecule has 1 amide bonds. The van der Waals surface area contributed by atoms with E-state index in [2.05, 4.69) is 6.07 Å². The van der Waals surface area contributed by atoms with E-state index in [4.69, 9.17) is 4.74 Å². The van der Waals surface area contributed by atoms with E-state index in [9.17, 15) is 10.1 Å². The number of nitrogens with zero attached hydrogens (tertiary/aromatic N) is 2. The average Bonchev–Trinajstić information content (AvgIpc) is 2.68. The molecule has 0 radical (unpaired) electrons. The number of nitriles is 1. The van der Waals surface area contributed by atoms with Crippen LogP contribution in [0.15, 0.2) is 12.3 Å². The van der Waals surface area contributed by atoms with Gasteiger partial charge in [0, 0.05) is 16.0 Å². The maximum atomic E-state index is 11.7. The molecule has 1 aromatic heterocycles. The average molecular weight is 248 g/mol. The van der Waals surface area contributed by atoms with Gasteiger partial charge in [0.25, 0.3) is 0 Å². The van der Waals surface area contributed by atoms with Gasteiger partial charge in [-0.25, -0.2) is 4.79 Å². The van der Waals surface area contributed by atoms with Crippen LogP contribution in [0.3, 0.4) is 0 Å². The predicted molar refractivity (Wildman–Crippen MR) is 65.3 cm³/mol. The molecule has 1 atom stereocenters. The van der Waals surface area contributed by atoms with Gasteiger partial charge in [-0.1, -0.05) is 0 Å². The zero-order valence-electron chi connectivity index (χ0n) is 9.64. The third-order valence-electron chi connectivity index (χ3n) is 2.46. The minimum Gasteiger partial charge on any atom is -0.449 e. The molecule has 1 unspecified atom stereocenters. The SMILES string of the molecule is CCOC(=O)N1C=Cc2cc(C)sc2C1C#N. The number of carbonyl (C=O) groups excluding carboxylic acids is 1. The molecule has 1 aromatic rings. The molecule has 0 aromatic carbocycles. The number of rotatable bonds is 1. The molecule has 1 aliphatic rings. The lowest BCUT2D eigenvalue weighted by molar-refractivity contribution is 0.116. The molecule has 17 heavy (non-hydrogen) atoms. The number of carbonyl (C=O) groups is 1. The topological polar surface area (TPSA) is 53.3 Å². The van der Waals surface area contributed by atoms with Gasteiger partial charge in [0.1, 0.15) is 0 Å². The van der Waals surface area contributed by atoms with E-state index in [1.807, 2.05) is 19.1 Å². The van der Waals surface area contributed by atoms with E-state index in [-0.39, 0.29) is 0 Å². The molecule has 0 aliphatic carbocycles. The zero-order valence-corrected chi connectivity index (χ0v) is 10.5. The summed E-state index contributed by atoms with van der Waals surface area (Å²) in [5, 5.41) is 9.21. The van der Waals surface area contributed by atoms with Gasteiger partial charge < -0.3 is 4.74 Å². The minimum atomic E-state index is -0.576. The van der Waals surface area contributed by atoms with E-state index in [1.165, 1.54) is 16.2 Å². The zero-order chi connectivity index (χ0) is 12.4. The summed E-state index contributed by atoms with van der Waals surface area (Å²) < 4.78 is 4.92. The minimum absolute atomic E-state index is 0.303. The van der Waals surface area contributed by atoms with Crippen molar-refractivity contribution in [2.24, 2.45) is 0 Å². The van der Waals surface area contributed by atoms with Crippen LogP contribution in [-0.2, 0) is 4.74 Å². The number of hydrogen-bond donors (Lipinski definition) is 0. The summed E-state index contributed by atoms with van der Waals surface area (Å²) in [5.41, 5.74) is 1.01. The molecule has 1 aliphatic heterocycles. The second kappa shape index (κ2) is 4.60. The van der Waals surface area contributed by atoms with Gasteiger partial charge in [0.05, 0.1) is 12.7 Å². The molecular weight excluding hydrogens is 236 g/mol. The molecule has 2 heterocycles. The van der Waals surface area contributed by atoms with Crippen molar-refractivity contribution >= 4 is 23.5 Å². The lowest BCUT2D eigenvalue weighted by atomic mass is 10.1. The van der Waals surface area contributed by atoms with Crippen LogP contribution in [0.2, 0.25) is 0 Å². The fourth-order valence-corrected chi connectivity index (χ4v) is 2.81.